The summed E-state index contributed by atoms with van der Waals surface area (Å²) in [5.41, 5.74) is 1.19. The molecule has 0 radical (unpaired) electrons. The highest BCUT2D eigenvalue weighted by Crippen LogP contribution is 2.00. The maximum atomic E-state index is 3.62. The number of hydrogen-bond acceptors (Lipinski definition) is 3. The predicted molar refractivity (Wildman–Crippen MR) is 31.7 cm³/mol. The monoisotopic (exact) mass is 109 g/mol. The van der Waals surface area contributed by atoms with Crippen LogP contribution in [0.2, 0.25) is 0 Å². The van der Waals surface area contributed by atoms with Gasteiger partial charge in [-0.05, 0) is 17.7 Å². The molecule has 0 aromatic rings. The minimum absolute atomic E-state index is 0.868. The molecule has 1 aliphatic rings. The van der Waals surface area contributed by atoms with Gasteiger partial charge in [0, 0.05) is 12.6 Å². The molecule has 0 aromatic heterocycles. The Kier molecular flexibility index (Phi) is 1.51. The van der Waals surface area contributed by atoms with Crippen LogP contribution in [0.1, 0.15) is 13.3 Å². The summed E-state index contributed by atoms with van der Waals surface area (Å²) in [5, 5.41) is 10.7. The Labute approximate surface area is 47.8 Å². The first-order valence-electron chi connectivity index (χ1n) is 2.47. The van der Waals surface area contributed by atoms with Gasteiger partial charge in [-0.15, -0.1) is 10.2 Å². The lowest BCUT2D eigenvalue weighted by Gasteiger charge is -1.83. The molecule has 0 unspecified atom stereocenters. The van der Waals surface area contributed by atoms with Crippen molar-refractivity contribution in [3.05, 3.63) is 11.8 Å². The topological polar surface area (TPSA) is 37.1 Å². The van der Waals surface area contributed by atoms with Crippen LogP contribution in [-0.4, -0.2) is 6.21 Å². The molecule has 3 heteroatoms. The van der Waals surface area contributed by atoms with Gasteiger partial charge in [-0.2, -0.15) is 0 Å². The van der Waals surface area contributed by atoms with Crippen LogP contribution in [0, 0.1) is 0 Å². The molecule has 1 rings (SSSR count). The van der Waals surface area contributed by atoms with Crippen molar-refractivity contribution < 1.29 is 0 Å². The Morgan fingerprint density at radius 2 is 2.50 bits per heavy atom. The summed E-state index contributed by atoms with van der Waals surface area (Å²) in [6.45, 7) is 2.00. The molecule has 0 N–H and O–H groups in total. The smallest absolute Gasteiger partial charge is 0.0506 e. The summed E-state index contributed by atoms with van der Waals surface area (Å²) in [6.07, 6.45) is 4.32. The molecule has 3 nitrogen and oxygen atoms in total. The van der Waals surface area contributed by atoms with Crippen LogP contribution in [0.4, 0.5) is 0 Å². The fraction of sp³-hybridized carbons (Fsp3) is 0.400. The van der Waals surface area contributed by atoms with Crippen molar-refractivity contribution in [1.29, 1.82) is 0 Å². The Balaban J connectivity index is 2.69. The molecule has 0 fully saturated rings. The van der Waals surface area contributed by atoms with Gasteiger partial charge >= 0.3 is 0 Å². The predicted octanol–water partition coefficient (Wildman–Crippen LogP) is 1.73. The second kappa shape index (κ2) is 2.35. The third-order valence-corrected chi connectivity index (χ3v) is 0.876. The zero-order valence-corrected chi connectivity index (χ0v) is 4.70. The van der Waals surface area contributed by atoms with Crippen molar-refractivity contribution in [2.45, 2.75) is 13.3 Å². The summed E-state index contributed by atoms with van der Waals surface area (Å²) >= 11 is 0. The van der Waals surface area contributed by atoms with Crippen molar-refractivity contribution in [3.63, 3.8) is 0 Å². The standard InChI is InChI=1S/C5H7N3/c1-5-2-3-6-8-7-4-5/h3-4H,2H2,1H3. The summed E-state index contributed by atoms with van der Waals surface area (Å²) in [7, 11) is 0. The van der Waals surface area contributed by atoms with E-state index in [4.69, 9.17) is 0 Å². The lowest BCUT2D eigenvalue weighted by atomic mass is 10.2. The number of rotatable bonds is 0. The van der Waals surface area contributed by atoms with Gasteiger partial charge in [0.15, 0.2) is 0 Å². The lowest BCUT2D eigenvalue weighted by molar-refractivity contribution is 1.07. The first-order valence-corrected chi connectivity index (χ1v) is 2.47. The molecule has 1 heterocycles. The van der Waals surface area contributed by atoms with Gasteiger partial charge in [0.05, 0.1) is 6.20 Å². The molecule has 8 heavy (non-hydrogen) atoms. The SMILES string of the molecule is CC1=CN=NN=CC1. The van der Waals surface area contributed by atoms with E-state index in [9.17, 15) is 0 Å². The van der Waals surface area contributed by atoms with Gasteiger partial charge in [-0.25, -0.2) is 0 Å². The highest BCUT2D eigenvalue weighted by Gasteiger charge is 1.86. The van der Waals surface area contributed by atoms with E-state index in [-0.39, 0.29) is 0 Å². The van der Waals surface area contributed by atoms with E-state index in [1.807, 2.05) is 6.92 Å². The first-order chi connectivity index (χ1) is 3.89. The number of hydrogen-bond donors (Lipinski definition) is 0. The molecule has 0 saturated carbocycles. The fourth-order valence-corrected chi connectivity index (χ4v) is 0.428. The second-order valence-electron chi connectivity index (χ2n) is 1.68. The van der Waals surface area contributed by atoms with Gasteiger partial charge in [0.2, 0.25) is 0 Å². The maximum absolute atomic E-state index is 3.62. The van der Waals surface area contributed by atoms with Gasteiger partial charge in [-0.1, -0.05) is 0 Å². The van der Waals surface area contributed by atoms with Gasteiger partial charge in [-0.3, -0.25) is 0 Å². The van der Waals surface area contributed by atoms with E-state index < -0.39 is 0 Å². The number of allylic oxidation sites excluding steroid dienone is 1. The van der Waals surface area contributed by atoms with Crippen LogP contribution < -0.4 is 0 Å². The van der Waals surface area contributed by atoms with E-state index in [2.05, 4.69) is 15.4 Å². The molecular weight excluding hydrogens is 102 g/mol. The number of nitrogens with zero attached hydrogens (tertiary/aromatic N) is 3. The summed E-state index contributed by atoms with van der Waals surface area (Å²) < 4.78 is 0. The van der Waals surface area contributed by atoms with Crippen molar-refractivity contribution in [1.82, 2.24) is 0 Å². The molecular formula is C5H7N3. The zero-order chi connectivity index (χ0) is 5.82. The molecule has 0 amide bonds. The third kappa shape index (κ3) is 1.26. The first kappa shape index (κ1) is 5.15. The minimum atomic E-state index is 0.868. The molecule has 0 aliphatic carbocycles. The molecule has 42 valence electrons. The normalized spacial score (nSPS) is 17.9. The molecule has 0 aromatic carbocycles. The van der Waals surface area contributed by atoms with Crippen molar-refractivity contribution >= 4 is 6.21 Å². The van der Waals surface area contributed by atoms with Crippen LogP contribution in [-0.2, 0) is 0 Å². The highest BCUT2D eigenvalue weighted by molar-refractivity contribution is 5.60. The van der Waals surface area contributed by atoms with Crippen LogP contribution in [0.5, 0.6) is 0 Å². The molecule has 0 saturated heterocycles. The molecule has 0 atom stereocenters. The van der Waals surface area contributed by atoms with E-state index >= 15 is 0 Å². The highest BCUT2D eigenvalue weighted by atomic mass is 15.4. The van der Waals surface area contributed by atoms with Gasteiger partial charge in [0.25, 0.3) is 0 Å². The fourth-order valence-electron chi connectivity index (χ4n) is 0.428. The molecule has 0 spiro atoms. The Morgan fingerprint density at radius 1 is 1.62 bits per heavy atom. The maximum Gasteiger partial charge on any atom is 0.0506 e. The van der Waals surface area contributed by atoms with Gasteiger partial charge < -0.3 is 0 Å². The zero-order valence-electron chi connectivity index (χ0n) is 4.70. The Hall–Kier alpha value is -0.990. The van der Waals surface area contributed by atoms with Crippen LogP contribution >= 0.6 is 0 Å². The Bertz CT molecular complexity index is 155. The van der Waals surface area contributed by atoms with Gasteiger partial charge in [0.1, 0.15) is 0 Å². The van der Waals surface area contributed by atoms with Crippen molar-refractivity contribution in [2.24, 2.45) is 15.4 Å². The van der Waals surface area contributed by atoms with Crippen molar-refractivity contribution in [2.75, 3.05) is 0 Å². The quantitative estimate of drug-likeness (QED) is 0.454. The van der Waals surface area contributed by atoms with E-state index in [1.165, 1.54) is 5.57 Å². The average molecular weight is 109 g/mol. The van der Waals surface area contributed by atoms with E-state index in [1.54, 1.807) is 12.4 Å². The average Bonchev–Trinajstić information content (AvgIpc) is 1.94. The third-order valence-electron chi connectivity index (χ3n) is 0.876. The lowest BCUT2D eigenvalue weighted by Crippen LogP contribution is -1.73. The largest absolute Gasteiger partial charge is 0.143 e. The summed E-state index contributed by atoms with van der Waals surface area (Å²) in [5.74, 6) is 0. The summed E-state index contributed by atoms with van der Waals surface area (Å²) in [4.78, 5) is 0. The van der Waals surface area contributed by atoms with Crippen LogP contribution in [0.25, 0.3) is 0 Å². The van der Waals surface area contributed by atoms with Crippen LogP contribution in [0.15, 0.2) is 27.2 Å². The Morgan fingerprint density at radius 3 is 3.38 bits per heavy atom. The van der Waals surface area contributed by atoms with E-state index in [0.717, 1.165) is 6.42 Å². The molecule has 0 bridgehead atoms. The molecule has 1 aliphatic heterocycles. The summed E-state index contributed by atoms with van der Waals surface area (Å²) in [6, 6.07) is 0. The van der Waals surface area contributed by atoms with Crippen molar-refractivity contribution in [3.8, 4) is 0 Å². The minimum Gasteiger partial charge on any atom is -0.143 e. The van der Waals surface area contributed by atoms with Crippen LogP contribution in [0.3, 0.4) is 0 Å². The van der Waals surface area contributed by atoms with E-state index in [0.29, 0.717) is 0 Å². The second-order valence-corrected chi connectivity index (χ2v) is 1.68.